The van der Waals surface area contributed by atoms with Crippen molar-refractivity contribution in [3.8, 4) is 11.5 Å². The first kappa shape index (κ1) is 24.5. The van der Waals surface area contributed by atoms with Crippen molar-refractivity contribution in [2.45, 2.75) is 31.4 Å². The first-order valence-corrected chi connectivity index (χ1v) is 12.9. The molecule has 4 rings (SSSR count). The Hall–Kier alpha value is -2.66. The number of hydrogen-bond donors (Lipinski definition) is 1. The summed E-state index contributed by atoms with van der Waals surface area (Å²) < 4.78 is 44.5. The van der Waals surface area contributed by atoms with Crippen LogP contribution in [-0.4, -0.2) is 75.6 Å². The fraction of sp³-hybridized carbons (Fsp3) is 0.458. The average Bonchev–Trinajstić information content (AvgIpc) is 3.02. The summed E-state index contributed by atoms with van der Waals surface area (Å²) in [5.74, 6) is 1.00. The zero-order chi connectivity index (χ0) is 24.1. The fourth-order valence-corrected chi connectivity index (χ4v) is 5.40. The summed E-state index contributed by atoms with van der Waals surface area (Å²) in [6.45, 7) is 6.88. The lowest BCUT2D eigenvalue weighted by Gasteiger charge is -2.26. The van der Waals surface area contributed by atoms with E-state index in [-0.39, 0.29) is 23.5 Å². The minimum Gasteiger partial charge on any atom is -0.492 e. The molecular formula is C24H31N3O6S. The van der Waals surface area contributed by atoms with Gasteiger partial charge in [-0.05, 0) is 38.1 Å². The summed E-state index contributed by atoms with van der Waals surface area (Å²) in [6.07, 6.45) is -0.142. The second-order valence-corrected chi connectivity index (χ2v) is 10.5. The Morgan fingerprint density at radius 1 is 1.09 bits per heavy atom. The molecule has 2 aromatic carbocycles. The zero-order valence-corrected chi connectivity index (χ0v) is 20.3. The Morgan fingerprint density at radius 2 is 1.85 bits per heavy atom. The molecule has 0 spiro atoms. The summed E-state index contributed by atoms with van der Waals surface area (Å²) in [5, 5.41) is 2.87. The molecule has 1 fully saturated rings. The molecule has 1 amide bonds. The number of hydrogen-bond acceptors (Lipinski definition) is 7. The van der Waals surface area contributed by atoms with Gasteiger partial charge in [0.15, 0.2) is 0 Å². The van der Waals surface area contributed by atoms with Gasteiger partial charge < -0.3 is 19.5 Å². The van der Waals surface area contributed by atoms with Crippen LogP contribution in [-0.2, 0) is 26.1 Å². The first-order chi connectivity index (χ1) is 16.3. The van der Waals surface area contributed by atoms with E-state index in [4.69, 9.17) is 14.2 Å². The summed E-state index contributed by atoms with van der Waals surface area (Å²) in [5.41, 5.74) is 1.36. The lowest BCUT2D eigenvalue weighted by Crippen LogP contribution is -2.40. The van der Waals surface area contributed by atoms with Gasteiger partial charge in [0.1, 0.15) is 18.1 Å². The second kappa shape index (κ2) is 10.7. The lowest BCUT2D eigenvalue weighted by molar-refractivity contribution is -0.117. The number of nitrogens with zero attached hydrogens (tertiary/aromatic N) is 2. The van der Waals surface area contributed by atoms with E-state index in [1.807, 2.05) is 43.0 Å². The Bertz CT molecular complexity index is 1120. The molecule has 184 valence electrons. The molecule has 2 aromatic rings. The summed E-state index contributed by atoms with van der Waals surface area (Å²) >= 11 is 0. The van der Waals surface area contributed by atoms with Gasteiger partial charge in [0.2, 0.25) is 15.9 Å². The van der Waals surface area contributed by atoms with Crippen LogP contribution < -0.4 is 14.8 Å². The number of anilines is 1. The van der Waals surface area contributed by atoms with Gasteiger partial charge in [-0.1, -0.05) is 18.2 Å². The van der Waals surface area contributed by atoms with Crippen LogP contribution in [0.5, 0.6) is 11.5 Å². The van der Waals surface area contributed by atoms with Gasteiger partial charge >= 0.3 is 0 Å². The molecule has 1 saturated heterocycles. The highest BCUT2D eigenvalue weighted by atomic mass is 32.2. The molecule has 1 N–H and O–H groups in total. The molecular weight excluding hydrogens is 458 g/mol. The third-order valence-electron chi connectivity index (χ3n) is 5.59. The van der Waals surface area contributed by atoms with E-state index < -0.39 is 10.0 Å². The Morgan fingerprint density at radius 3 is 2.62 bits per heavy atom. The van der Waals surface area contributed by atoms with E-state index in [1.165, 1.54) is 16.4 Å². The normalized spacial score (nSPS) is 17.5. The van der Waals surface area contributed by atoms with Crippen molar-refractivity contribution in [2.24, 2.45) is 0 Å². The van der Waals surface area contributed by atoms with E-state index >= 15 is 0 Å². The topological polar surface area (TPSA) is 97.4 Å². The number of ether oxygens (including phenoxy) is 3. The standard InChI is InChI=1S/C24H31N3O6S/c1-18(2)33-23-8-7-20(34(29,30)27-10-12-31-13-11-27)15-21(23)25-24(28)17-26-9-14-32-22-6-4-3-5-19(22)16-26/h3-8,15,18H,9-14,16-17H2,1-2H3,(H,25,28). The molecule has 0 unspecified atom stereocenters. The molecule has 0 bridgehead atoms. The van der Waals surface area contributed by atoms with E-state index in [0.717, 1.165) is 11.3 Å². The molecule has 0 saturated carbocycles. The Labute approximate surface area is 200 Å². The van der Waals surface area contributed by atoms with Crippen LogP contribution in [0.25, 0.3) is 0 Å². The molecule has 0 atom stereocenters. The highest BCUT2D eigenvalue weighted by Crippen LogP contribution is 2.30. The molecule has 0 aliphatic carbocycles. The SMILES string of the molecule is CC(C)Oc1ccc(S(=O)(=O)N2CCOCC2)cc1NC(=O)CN1CCOc2ccccc2C1. The molecule has 2 aliphatic heterocycles. The molecule has 0 aromatic heterocycles. The van der Waals surface area contributed by atoms with E-state index in [0.29, 0.717) is 57.4 Å². The minimum atomic E-state index is -3.71. The smallest absolute Gasteiger partial charge is 0.243 e. The number of benzene rings is 2. The highest BCUT2D eigenvalue weighted by Gasteiger charge is 2.28. The summed E-state index contributed by atoms with van der Waals surface area (Å²) in [4.78, 5) is 15.1. The van der Waals surface area contributed by atoms with Crippen molar-refractivity contribution >= 4 is 21.6 Å². The minimum absolute atomic E-state index is 0.109. The van der Waals surface area contributed by atoms with Crippen molar-refractivity contribution in [3.63, 3.8) is 0 Å². The van der Waals surface area contributed by atoms with Crippen molar-refractivity contribution in [1.29, 1.82) is 0 Å². The number of amides is 1. The number of carbonyl (C=O) groups is 1. The van der Waals surface area contributed by atoms with Gasteiger partial charge in [0.05, 0.1) is 36.4 Å². The van der Waals surface area contributed by atoms with Gasteiger partial charge in [0, 0.05) is 31.7 Å². The number of para-hydroxylation sites is 1. The third-order valence-corrected chi connectivity index (χ3v) is 7.49. The number of nitrogens with one attached hydrogen (secondary N) is 1. The predicted octanol–water partition coefficient (Wildman–Crippen LogP) is 2.33. The van der Waals surface area contributed by atoms with Crippen molar-refractivity contribution in [3.05, 3.63) is 48.0 Å². The monoisotopic (exact) mass is 489 g/mol. The maximum Gasteiger partial charge on any atom is 0.243 e. The Kier molecular flexibility index (Phi) is 7.72. The van der Waals surface area contributed by atoms with Crippen molar-refractivity contribution in [2.75, 3.05) is 51.3 Å². The van der Waals surface area contributed by atoms with E-state index in [2.05, 4.69) is 5.32 Å². The third kappa shape index (κ3) is 5.87. The lowest BCUT2D eigenvalue weighted by atomic mass is 10.2. The number of sulfonamides is 1. The van der Waals surface area contributed by atoms with Crippen LogP contribution in [0.2, 0.25) is 0 Å². The van der Waals surface area contributed by atoms with Gasteiger partial charge in [-0.2, -0.15) is 4.31 Å². The number of fused-ring (bicyclic) bond motifs is 1. The maximum atomic E-state index is 13.1. The van der Waals surface area contributed by atoms with Gasteiger partial charge in [-0.15, -0.1) is 0 Å². The first-order valence-electron chi connectivity index (χ1n) is 11.4. The van der Waals surface area contributed by atoms with Crippen LogP contribution in [0.15, 0.2) is 47.4 Å². The number of morpholine rings is 1. The molecule has 9 nitrogen and oxygen atoms in total. The largest absolute Gasteiger partial charge is 0.492 e. The van der Waals surface area contributed by atoms with Crippen LogP contribution in [0, 0.1) is 0 Å². The zero-order valence-electron chi connectivity index (χ0n) is 19.5. The van der Waals surface area contributed by atoms with E-state index in [9.17, 15) is 13.2 Å². The molecule has 34 heavy (non-hydrogen) atoms. The van der Waals surface area contributed by atoms with Crippen LogP contribution in [0.4, 0.5) is 5.69 Å². The number of rotatable bonds is 7. The highest BCUT2D eigenvalue weighted by molar-refractivity contribution is 7.89. The molecule has 10 heteroatoms. The summed E-state index contributed by atoms with van der Waals surface area (Å²) in [6, 6.07) is 12.4. The molecule has 2 aliphatic rings. The van der Waals surface area contributed by atoms with Crippen LogP contribution >= 0.6 is 0 Å². The average molecular weight is 490 g/mol. The summed E-state index contributed by atoms with van der Waals surface area (Å²) in [7, 11) is -3.71. The van der Waals surface area contributed by atoms with Crippen molar-refractivity contribution in [1.82, 2.24) is 9.21 Å². The van der Waals surface area contributed by atoms with Gasteiger partial charge in [0.25, 0.3) is 0 Å². The Balaban J connectivity index is 1.52. The molecule has 2 heterocycles. The van der Waals surface area contributed by atoms with Gasteiger partial charge in [-0.3, -0.25) is 9.69 Å². The fourth-order valence-electron chi connectivity index (χ4n) is 3.97. The van der Waals surface area contributed by atoms with Crippen molar-refractivity contribution < 1.29 is 27.4 Å². The molecule has 0 radical (unpaired) electrons. The van der Waals surface area contributed by atoms with Gasteiger partial charge in [-0.25, -0.2) is 8.42 Å². The maximum absolute atomic E-state index is 13.1. The second-order valence-electron chi connectivity index (χ2n) is 8.56. The van der Waals surface area contributed by atoms with Crippen LogP contribution in [0.1, 0.15) is 19.4 Å². The number of carbonyl (C=O) groups excluding carboxylic acids is 1. The van der Waals surface area contributed by atoms with Crippen LogP contribution in [0.3, 0.4) is 0 Å². The predicted molar refractivity (Wildman–Crippen MR) is 128 cm³/mol. The quantitative estimate of drug-likeness (QED) is 0.638. The van der Waals surface area contributed by atoms with E-state index in [1.54, 1.807) is 6.07 Å².